The van der Waals surface area contributed by atoms with E-state index in [1.807, 2.05) is 18.7 Å². The van der Waals surface area contributed by atoms with E-state index in [9.17, 15) is 0 Å². The van der Waals surface area contributed by atoms with Crippen molar-refractivity contribution in [2.75, 3.05) is 6.54 Å². The number of nitrogens with zero attached hydrogens (tertiary/aromatic N) is 2. The van der Waals surface area contributed by atoms with E-state index in [0.29, 0.717) is 0 Å². The fourth-order valence-corrected chi connectivity index (χ4v) is 2.67. The van der Waals surface area contributed by atoms with Crippen LogP contribution in [0.5, 0.6) is 0 Å². The van der Waals surface area contributed by atoms with Crippen LogP contribution in [0.2, 0.25) is 0 Å². The second kappa shape index (κ2) is 5.57. The van der Waals surface area contributed by atoms with Crippen molar-refractivity contribution in [2.45, 2.75) is 33.7 Å². The smallest absolute Gasteiger partial charge is 0.0748 e. The molecule has 0 bridgehead atoms. The van der Waals surface area contributed by atoms with Crippen molar-refractivity contribution in [3.63, 3.8) is 0 Å². The molecule has 1 aromatic carbocycles. The van der Waals surface area contributed by atoms with E-state index in [4.69, 9.17) is 0 Å². The molecular formula is C16H23N3. The van der Waals surface area contributed by atoms with Gasteiger partial charge in [-0.25, -0.2) is 0 Å². The van der Waals surface area contributed by atoms with Crippen LogP contribution in [0.1, 0.15) is 41.0 Å². The highest BCUT2D eigenvalue weighted by Gasteiger charge is 2.17. The minimum atomic E-state index is 0.204. The van der Waals surface area contributed by atoms with E-state index >= 15 is 0 Å². The zero-order valence-electron chi connectivity index (χ0n) is 12.5. The van der Waals surface area contributed by atoms with Gasteiger partial charge in [0.1, 0.15) is 0 Å². The van der Waals surface area contributed by atoms with Gasteiger partial charge in [-0.3, -0.25) is 4.68 Å². The van der Waals surface area contributed by atoms with Gasteiger partial charge in [0.05, 0.1) is 17.4 Å². The molecule has 0 spiro atoms. The molecule has 0 radical (unpaired) electrons. The maximum atomic E-state index is 4.46. The Morgan fingerprint density at radius 2 is 1.74 bits per heavy atom. The largest absolute Gasteiger partial charge is 0.305 e. The summed E-state index contributed by atoms with van der Waals surface area (Å²) in [6, 6.07) is 9.08. The molecule has 0 aliphatic rings. The van der Waals surface area contributed by atoms with Crippen molar-refractivity contribution in [3.8, 4) is 0 Å². The van der Waals surface area contributed by atoms with Crippen molar-refractivity contribution in [3.05, 3.63) is 52.3 Å². The van der Waals surface area contributed by atoms with Gasteiger partial charge in [0.15, 0.2) is 0 Å². The minimum absolute atomic E-state index is 0.204. The first-order valence-corrected chi connectivity index (χ1v) is 6.83. The standard InChI is InChI=1S/C16H23N3/c1-6-17-16(15-10-13(4)18-19(15)5)14-8-11(2)7-12(3)9-14/h7-10,16-17H,6H2,1-5H3. The lowest BCUT2D eigenvalue weighted by molar-refractivity contribution is 0.571. The third-order valence-corrected chi connectivity index (χ3v) is 3.32. The van der Waals surface area contributed by atoms with Gasteiger partial charge in [0.25, 0.3) is 0 Å². The van der Waals surface area contributed by atoms with Gasteiger partial charge in [-0.15, -0.1) is 0 Å². The Bertz CT molecular complexity index is 549. The number of benzene rings is 1. The number of rotatable bonds is 4. The molecule has 1 aromatic heterocycles. The second-order valence-corrected chi connectivity index (χ2v) is 5.25. The topological polar surface area (TPSA) is 29.9 Å². The number of hydrogen-bond acceptors (Lipinski definition) is 2. The normalized spacial score (nSPS) is 12.7. The number of nitrogens with one attached hydrogen (secondary N) is 1. The predicted molar refractivity (Wildman–Crippen MR) is 79.4 cm³/mol. The van der Waals surface area contributed by atoms with Gasteiger partial charge in [0, 0.05) is 7.05 Å². The molecule has 0 saturated carbocycles. The molecule has 1 unspecified atom stereocenters. The maximum absolute atomic E-state index is 4.46. The van der Waals surface area contributed by atoms with Gasteiger partial charge < -0.3 is 5.32 Å². The monoisotopic (exact) mass is 257 g/mol. The Morgan fingerprint density at radius 1 is 1.11 bits per heavy atom. The molecule has 2 aromatic rings. The van der Waals surface area contributed by atoms with Crippen molar-refractivity contribution in [2.24, 2.45) is 7.05 Å². The Hall–Kier alpha value is -1.61. The summed E-state index contributed by atoms with van der Waals surface area (Å²) in [5, 5.41) is 8.02. The molecule has 2 rings (SSSR count). The fraction of sp³-hybridized carbons (Fsp3) is 0.438. The van der Waals surface area contributed by atoms with Crippen LogP contribution in [0.3, 0.4) is 0 Å². The first-order chi connectivity index (χ1) is 9.01. The summed E-state index contributed by atoms with van der Waals surface area (Å²) in [5.74, 6) is 0. The molecule has 0 amide bonds. The van der Waals surface area contributed by atoms with Crippen LogP contribution >= 0.6 is 0 Å². The predicted octanol–water partition coefficient (Wildman–Crippen LogP) is 3.04. The first-order valence-electron chi connectivity index (χ1n) is 6.83. The molecule has 0 aliphatic carbocycles. The average Bonchev–Trinajstić information content (AvgIpc) is 2.64. The highest BCUT2D eigenvalue weighted by molar-refractivity contribution is 5.35. The fourth-order valence-electron chi connectivity index (χ4n) is 2.67. The lowest BCUT2D eigenvalue weighted by Gasteiger charge is -2.19. The number of hydrogen-bond donors (Lipinski definition) is 1. The Morgan fingerprint density at radius 3 is 2.21 bits per heavy atom. The van der Waals surface area contributed by atoms with Crippen LogP contribution < -0.4 is 5.32 Å². The van der Waals surface area contributed by atoms with Crippen LogP contribution in [0.4, 0.5) is 0 Å². The molecule has 19 heavy (non-hydrogen) atoms. The van der Waals surface area contributed by atoms with E-state index in [1.54, 1.807) is 0 Å². The zero-order chi connectivity index (χ0) is 14.0. The molecular weight excluding hydrogens is 234 g/mol. The molecule has 3 nitrogen and oxygen atoms in total. The highest BCUT2D eigenvalue weighted by Crippen LogP contribution is 2.24. The molecule has 1 atom stereocenters. The Balaban J connectivity index is 2.47. The molecule has 0 saturated heterocycles. The van der Waals surface area contributed by atoms with E-state index in [-0.39, 0.29) is 6.04 Å². The first kappa shape index (κ1) is 13.8. The van der Waals surface area contributed by atoms with Crippen molar-refractivity contribution in [1.82, 2.24) is 15.1 Å². The summed E-state index contributed by atoms with van der Waals surface area (Å²) in [6.45, 7) is 9.40. The Labute approximate surface area is 115 Å². The molecule has 0 aliphatic heterocycles. The van der Waals surface area contributed by atoms with Crippen LogP contribution in [0, 0.1) is 20.8 Å². The summed E-state index contributed by atoms with van der Waals surface area (Å²) >= 11 is 0. The van der Waals surface area contributed by atoms with Gasteiger partial charge in [0.2, 0.25) is 0 Å². The molecule has 102 valence electrons. The van der Waals surface area contributed by atoms with Crippen LogP contribution in [-0.2, 0) is 7.05 Å². The molecule has 1 heterocycles. The quantitative estimate of drug-likeness (QED) is 0.912. The van der Waals surface area contributed by atoms with Crippen LogP contribution in [0.15, 0.2) is 24.3 Å². The van der Waals surface area contributed by atoms with Crippen molar-refractivity contribution in [1.29, 1.82) is 0 Å². The third-order valence-electron chi connectivity index (χ3n) is 3.32. The van der Waals surface area contributed by atoms with Crippen molar-refractivity contribution < 1.29 is 0 Å². The molecule has 3 heteroatoms. The van der Waals surface area contributed by atoms with Gasteiger partial charge in [-0.2, -0.15) is 5.10 Å². The van der Waals surface area contributed by atoms with E-state index in [1.165, 1.54) is 22.4 Å². The summed E-state index contributed by atoms with van der Waals surface area (Å²) < 4.78 is 1.97. The van der Waals surface area contributed by atoms with Gasteiger partial charge in [-0.05, 0) is 38.9 Å². The van der Waals surface area contributed by atoms with Crippen molar-refractivity contribution >= 4 is 0 Å². The van der Waals surface area contributed by atoms with Gasteiger partial charge in [-0.1, -0.05) is 36.2 Å². The minimum Gasteiger partial charge on any atom is -0.305 e. The van der Waals surface area contributed by atoms with Crippen LogP contribution in [0.25, 0.3) is 0 Å². The summed E-state index contributed by atoms with van der Waals surface area (Å²) in [6.07, 6.45) is 0. The van der Waals surface area contributed by atoms with E-state index in [2.05, 4.69) is 55.5 Å². The number of aryl methyl sites for hydroxylation is 4. The molecule has 0 fully saturated rings. The van der Waals surface area contributed by atoms with E-state index < -0.39 is 0 Å². The lowest BCUT2D eigenvalue weighted by Crippen LogP contribution is -2.24. The number of aromatic nitrogens is 2. The zero-order valence-corrected chi connectivity index (χ0v) is 12.5. The summed E-state index contributed by atoms with van der Waals surface area (Å²) in [7, 11) is 2.01. The maximum Gasteiger partial charge on any atom is 0.0748 e. The summed E-state index contributed by atoms with van der Waals surface area (Å²) in [4.78, 5) is 0. The summed E-state index contributed by atoms with van der Waals surface area (Å²) in [5.41, 5.74) is 6.19. The molecule has 1 N–H and O–H groups in total. The third kappa shape index (κ3) is 3.04. The Kier molecular flexibility index (Phi) is 4.05. The second-order valence-electron chi connectivity index (χ2n) is 5.25. The van der Waals surface area contributed by atoms with E-state index in [0.717, 1.165) is 12.2 Å². The lowest BCUT2D eigenvalue weighted by atomic mass is 9.99. The highest BCUT2D eigenvalue weighted by atomic mass is 15.3. The van der Waals surface area contributed by atoms with Crippen LogP contribution in [-0.4, -0.2) is 16.3 Å². The SMILES string of the molecule is CCNC(c1cc(C)cc(C)c1)c1cc(C)nn1C. The van der Waals surface area contributed by atoms with Gasteiger partial charge >= 0.3 is 0 Å². The average molecular weight is 257 g/mol.